The van der Waals surface area contributed by atoms with Crippen LogP contribution in [0.5, 0.6) is 0 Å². The molecule has 1 aromatic heterocycles. The highest BCUT2D eigenvalue weighted by Gasteiger charge is 2.18. The van der Waals surface area contributed by atoms with E-state index in [9.17, 15) is 0 Å². The van der Waals surface area contributed by atoms with Gasteiger partial charge in [0, 0.05) is 31.0 Å². The van der Waals surface area contributed by atoms with Crippen LogP contribution in [0.2, 0.25) is 0 Å². The van der Waals surface area contributed by atoms with Gasteiger partial charge in [-0.05, 0) is 51.4 Å². The summed E-state index contributed by atoms with van der Waals surface area (Å²) in [6.07, 6.45) is 9.72. The van der Waals surface area contributed by atoms with Crippen molar-refractivity contribution in [1.82, 2.24) is 9.47 Å². The first-order valence-electron chi connectivity index (χ1n) is 6.78. The molecule has 1 saturated heterocycles. The van der Waals surface area contributed by atoms with Gasteiger partial charge in [0.25, 0.3) is 0 Å². The molecule has 0 spiro atoms. The van der Waals surface area contributed by atoms with Crippen LogP contribution in [-0.4, -0.2) is 29.1 Å². The molecule has 3 nitrogen and oxygen atoms in total. The van der Waals surface area contributed by atoms with E-state index in [0.29, 0.717) is 0 Å². The summed E-state index contributed by atoms with van der Waals surface area (Å²) in [5.41, 5.74) is 7.10. The molecule has 2 rings (SSSR count). The van der Waals surface area contributed by atoms with Crippen molar-refractivity contribution in [2.45, 2.75) is 51.2 Å². The molecule has 96 valence electrons. The number of aryl methyl sites for hydroxylation is 1. The van der Waals surface area contributed by atoms with Crippen LogP contribution in [0, 0.1) is 0 Å². The van der Waals surface area contributed by atoms with E-state index in [0.717, 1.165) is 12.6 Å². The number of likely N-dealkylation sites (tertiary alicyclic amines) is 1. The van der Waals surface area contributed by atoms with Gasteiger partial charge in [0.1, 0.15) is 0 Å². The molecule has 0 aliphatic carbocycles. The van der Waals surface area contributed by atoms with Gasteiger partial charge in [-0.1, -0.05) is 6.42 Å². The van der Waals surface area contributed by atoms with Crippen molar-refractivity contribution in [2.75, 3.05) is 13.6 Å². The van der Waals surface area contributed by atoms with Gasteiger partial charge in [0.05, 0.1) is 0 Å². The number of nitrogens with zero attached hydrogens (tertiary/aromatic N) is 2. The zero-order valence-electron chi connectivity index (χ0n) is 11.1. The Morgan fingerprint density at radius 1 is 1.47 bits per heavy atom. The van der Waals surface area contributed by atoms with Crippen LogP contribution in [0.4, 0.5) is 0 Å². The van der Waals surface area contributed by atoms with Crippen LogP contribution in [0.15, 0.2) is 18.5 Å². The Morgan fingerprint density at radius 3 is 2.94 bits per heavy atom. The molecular formula is C14H25N3. The molecule has 0 radical (unpaired) electrons. The van der Waals surface area contributed by atoms with Crippen molar-refractivity contribution in [1.29, 1.82) is 0 Å². The number of aromatic nitrogens is 1. The maximum atomic E-state index is 5.87. The molecule has 1 aliphatic rings. The second kappa shape index (κ2) is 5.69. The van der Waals surface area contributed by atoms with E-state index in [1.54, 1.807) is 0 Å². The van der Waals surface area contributed by atoms with Gasteiger partial charge < -0.3 is 15.2 Å². The summed E-state index contributed by atoms with van der Waals surface area (Å²) in [4.78, 5) is 2.51. The van der Waals surface area contributed by atoms with Crippen LogP contribution >= 0.6 is 0 Å². The molecular weight excluding hydrogens is 210 g/mol. The van der Waals surface area contributed by atoms with Gasteiger partial charge in [0.15, 0.2) is 0 Å². The Hall–Kier alpha value is -0.800. The minimum absolute atomic E-state index is 0.147. The van der Waals surface area contributed by atoms with Crippen molar-refractivity contribution in [2.24, 2.45) is 5.73 Å². The summed E-state index contributed by atoms with van der Waals surface area (Å²) in [6, 6.07) is 3.05. The van der Waals surface area contributed by atoms with Crippen LogP contribution in [0.1, 0.15) is 44.2 Å². The quantitative estimate of drug-likeness (QED) is 0.869. The first kappa shape index (κ1) is 12.7. The van der Waals surface area contributed by atoms with Crippen molar-refractivity contribution in [3.8, 4) is 0 Å². The standard InChI is InChI=1S/C14H25N3/c1-12(15)13-6-9-17(11-13)10-7-14-5-3-4-8-16(14)2/h6,9,11-12,14H,3-5,7-8,10,15H2,1-2H3. The molecule has 2 heterocycles. The van der Waals surface area contributed by atoms with Crippen LogP contribution in [0.25, 0.3) is 0 Å². The third-order valence-electron chi connectivity index (χ3n) is 3.94. The molecule has 1 aliphatic heterocycles. The summed E-state index contributed by atoms with van der Waals surface area (Å²) >= 11 is 0. The zero-order valence-corrected chi connectivity index (χ0v) is 11.1. The van der Waals surface area contributed by atoms with Crippen molar-refractivity contribution < 1.29 is 0 Å². The molecule has 1 aromatic rings. The highest BCUT2D eigenvalue weighted by molar-refractivity contribution is 5.13. The average Bonchev–Trinajstić information content (AvgIpc) is 2.77. The summed E-state index contributed by atoms with van der Waals surface area (Å²) in [6.45, 7) is 4.41. The van der Waals surface area contributed by atoms with E-state index >= 15 is 0 Å². The lowest BCUT2D eigenvalue weighted by Gasteiger charge is -2.32. The summed E-state index contributed by atoms with van der Waals surface area (Å²) in [5, 5.41) is 0. The summed E-state index contributed by atoms with van der Waals surface area (Å²) in [5.74, 6) is 0. The third-order valence-corrected chi connectivity index (χ3v) is 3.94. The van der Waals surface area contributed by atoms with Gasteiger partial charge in [-0.2, -0.15) is 0 Å². The van der Waals surface area contributed by atoms with Crippen molar-refractivity contribution >= 4 is 0 Å². The molecule has 0 saturated carbocycles. The normalized spacial score (nSPS) is 23.8. The van der Waals surface area contributed by atoms with Gasteiger partial charge in [-0.3, -0.25) is 0 Å². The molecule has 17 heavy (non-hydrogen) atoms. The van der Waals surface area contributed by atoms with E-state index in [1.165, 1.54) is 37.8 Å². The monoisotopic (exact) mass is 235 g/mol. The highest BCUT2D eigenvalue weighted by atomic mass is 15.1. The first-order chi connectivity index (χ1) is 8.16. The minimum atomic E-state index is 0.147. The van der Waals surface area contributed by atoms with Crippen molar-refractivity contribution in [3.63, 3.8) is 0 Å². The number of hydrogen-bond acceptors (Lipinski definition) is 2. The lowest BCUT2D eigenvalue weighted by molar-refractivity contribution is 0.171. The first-order valence-corrected chi connectivity index (χ1v) is 6.78. The van der Waals surface area contributed by atoms with Crippen LogP contribution < -0.4 is 5.73 Å². The Balaban J connectivity index is 1.84. The smallest absolute Gasteiger partial charge is 0.0281 e. The Kier molecular flexibility index (Phi) is 4.24. The van der Waals surface area contributed by atoms with Gasteiger partial charge >= 0.3 is 0 Å². The molecule has 2 unspecified atom stereocenters. The van der Waals surface area contributed by atoms with Gasteiger partial charge in [-0.15, -0.1) is 0 Å². The lowest BCUT2D eigenvalue weighted by Crippen LogP contribution is -2.36. The largest absolute Gasteiger partial charge is 0.354 e. The molecule has 2 N–H and O–H groups in total. The fourth-order valence-corrected chi connectivity index (χ4v) is 2.67. The van der Waals surface area contributed by atoms with Crippen molar-refractivity contribution in [3.05, 3.63) is 24.0 Å². The minimum Gasteiger partial charge on any atom is -0.354 e. The predicted molar refractivity (Wildman–Crippen MR) is 71.9 cm³/mol. The topological polar surface area (TPSA) is 34.2 Å². The Bertz CT molecular complexity index is 343. The number of piperidine rings is 1. The average molecular weight is 235 g/mol. The van der Waals surface area contributed by atoms with E-state index in [2.05, 4.69) is 35.0 Å². The molecule has 0 amide bonds. The molecule has 3 heteroatoms. The number of nitrogens with two attached hydrogens (primary N) is 1. The molecule has 2 atom stereocenters. The second-order valence-electron chi connectivity index (χ2n) is 5.39. The van der Waals surface area contributed by atoms with Gasteiger partial charge in [-0.25, -0.2) is 0 Å². The van der Waals surface area contributed by atoms with Gasteiger partial charge in [0.2, 0.25) is 0 Å². The fraction of sp³-hybridized carbons (Fsp3) is 0.714. The molecule has 0 bridgehead atoms. The number of rotatable bonds is 4. The number of hydrogen-bond donors (Lipinski definition) is 1. The van der Waals surface area contributed by atoms with Crippen LogP contribution in [0.3, 0.4) is 0 Å². The maximum absolute atomic E-state index is 5.87. The summed E-state index contributed by atoms with van der Waals surface area (Å²) < 4.78 is 2.28. The van der Waals surface area contributed by atoms with E-state index in [1.807, 2.05) is 6.92 Å². The molecule has 0 aromatic carbocycles. The fourth-order valence-electron chi connectivity index (χ4n) is 2.67. The zero-order chi connectivity index (χ0) is 12.3. The predicted octanol–water partition coefficient (Wildman–Crippen LogP) is 2.38. The van der Waals surface area contributed by atoms with E-state index in [4.69, 9.17) is 5.73 Å². The lowest BCUT2D eigenvalue weighted by atomic mass is 10.0. The maximum Gasteiger partial charge on any atom is 0.0281 e. The van der Waals surface area contributed by atoms with Crippen LogP contribution in [-0.2, 0) is 6.54 Å². The second-order valence-corrected chi connectivity index (χ2v) is 5.39. The highest BCUT2D eigenvalue weighted by Crippen LogP contribution is 2.19. The Morgan fingerprint density at radius 2 is 2.29 bits per heavy atom. The summed E-state index contributed by atoms with van der Waals surface area (Å²) in [7, 11) is 2.26. The van der Waals surface area contributed by atoms with E-state index < -0.39 is 0 Å². The van der Waals surface area contributed by atoms with E-state index in [-0.39, 0.29) is 6.04 Å². The third kappa shape index (κ3) is 3.33. The Labute approximate surface area is 105 Å². The molecule has 1 fully saturated rings. The SMILES string of the molecule is CC(N)c1ccn(CCC2CCCCN2C)c1.